The molecule has 1 heterocycles. The van der Waals surface area contributed by atoms with Crippen molar-refractivity contribution in [2.45, 2.75) is 19.4 Å². The third-order valence-corrected chi connectivity index (χ3v) is 3.95. The average Bonchev–Trinajstić information content (AvgIpc) is 2.85. The lowest BCUT2D eigenvalue weighted by Crippen LogP contribution is -1.98. The molecule has 2 rings (SSSR count). The molecule has 5 heteroatoms. The summed E-state index contributed by atoms with van der Waals surface area (Å²) < 4.78 is 0. The van der Waals surface area contributed by atoms with Gasteiger partial charge < -0.3 is 15.5 Å². The van der Waals surface area contributed by atoms with E-state index in [1.54, 1.807) is 0 Å². The lowest BCUT2D eigenvalue weighted by Gasteiger charge is -2.06. The van der Waals surface area contributed by atoms with Gasteiger partial charge in [0.1, 0.15) is 0 Å². The van der Waals surface area contributed by atoms with Gasteiger partial charge in [-0.1, -0.05) is 12.1 Å². The summed E-state index contributed by atoms with van der Waals surface area (Å²) in [5.74, 6) is -0.800. The van der Waals surface area contributed by atoms with E-state index in [4.69, 9.17) is 10.2 Å². The smallest absolute Gasteiger partial charge is 0.308 e. The predicted octanol–water partition coefficient (Wildman–Crippen LogP) is 2.52. The van der Waals surface area contributed by atoms with E-state index in [9.17, 15) is 4.79 Å². The molecular formula is C15H17NO3S. The first-order valence-corrected chi connectivity index (χ1v) is 7.22. The summed E-state index contributed by atoms with van der Waals surface area (Å²) in [5.41, 5.74) is 2.12. The highest BCUT2D eigenvalue weighted by Crippen LogP contribution is 2.19. The third-order valence-electron chi connectivity index (χ3n) is 2.86. The normalized spacial score (nSPS) is 10.4. The van der Waals surface area contributed by atoms with Crippen LogP contribution in [0.1, 0.15) is 15.3 Å². The quantitative estimate of drug-likeness (QED) is 0.733. The lowest BCUT2D eigenvalue weighted by atomic mass is 10.1. The summed E-state index contributed by atoms with van der Waals surface area (Å²) in [4.78, 5) is 12.6. The van der Waals surface area contributed by atoms with Crippen LogP contribution in [0, 0.1) is 0 Å². The van der Waals surface area contributed by atoms with E-state index >= 15 is 0 Å². The molecule has 0 aliphatic carbocycles. The first-order chi connectivity index (χ1) is 9.67. The molecule has 0 saturated carbocycles. The van der Waals surface area contributed by atoms with Gasteiger partial charge in [0.15, 0.2) is 0 Å². The maximum atomic E-state index is 10.6. The Morgan fingerprint density at radius 3 is 2.45 bits per heavy atom. The van der Waals surface area contributed by atoms with Crippen molar-refractivity contribution in [1.29, 1.82) is 0 Å². The number of thiophene rings is 1. The highest BCUT2D eigenvalue weighted by Gasteiger charge is 2.04. The van der Waals surface area contributed by atoms with Crippen molar-refractivity contribution in [3.05, 3.63) is 51.7 Å². The maximum absolute atomic E-state index is 10.6. The molecule has 1 aromatic carbocycles. The fourth-order valence-corrected chi connectivity index (χ4v) is 2.82. The van der Waals surface area contributed by atoms with E-state index in [-0.39, 0.29) is 13.0 Å². The van der Waals surface area contributed by atoms with Crippen molar-refractivity contribution in [3.63, 3.8) is 0 Å². The molecule has 0 fully saturated rings. The standard InChI is InChI=1S/C15H17NO3S/c17-8-7-11-1-3-12(4-2-11)16-10-14-6-5-13(20-14)9-15(18)19/h1-6,16-17H,7-10H2,(H,18,19). The van der Waals surface area contributed by atoms with Crippen molar-refractivity contribution in [3.8, 4) is 0 Å². The molecule has 0 spiro atoms. The molecule has 0 aliphatic heterocycles. The number of carbonyl (C=O) groups is 1. The Hall–Kier alpha value is -1.85. The van der Waals surface area contributed by atoms with Crippen LogP contribution in [0.4, 0.5) is 5.69 Å². The van der Waals surface area contributed by atoms with Crippen LogP contribution in [-0.4, -0.2) is 22.8 Å². The number of anilines is 1. The minimum absolute atomic E-state index is 0.0839. The summed E-state index contributed by atoms with van der Waals surface area (Å²) in [6, 6.07) is 11.8. The van der Waals surface area contributed by atoms with Gasteiger partial charge in [-0.3, -0.25) is 4.79 Å². The molecule has 0 atom stereocenters. The second-order valence-corrected chi connectivity index (χ2v) is 5.72. The van der Waals surface area contributed by atoms with Crippen molar-refractivity contribution in [2.75, 3.05) is 11.9 Å². The van der Waals surface area contributed by atoms with Gasteiger partial charge in [-0.25, -0.2) is 0 Å². The number of benzene rings is 1. The van der Waals surface area contributed by atoms with Crippen LogP contribution in [0.25, 0.3) is 0 Å². The molecular weight excluding hydrogens is 274 g/mol. The van der Waals surface area contributed by atoms with E-state index in [1.807, 2.05) is 36.4 Å². The fraction of sp³-hybridized carbons (Fsp3) is 0.267. The number of rotatable bonds is 7. The summed E-state index contributed by atoms with van der Waals surface area (Å²) in [6.07, 6.45) is 0.754. The number of aliphatic carboxylic acids is 1. The SMILES string of the molecule is O=C(O)Cc1ccc(CNc2ccc(CCO)cc2)s1. The predicted molar refractivity (Wildman–Crippen MR) is 80.2 cm³/mol. The van der Waals surface area contributed by atoms with Gasteiger partial charge in [0.25, 0.3) is 0 Å². The topological polar surface area (TPSA) is 69.6 Å². The number of hydrogen-bond donors (Lipinski definition) is 3. The lowest BCUT2D eigenvalue weighted by molar-refractivity contribution is -0.136. The minimum atomic E-state index is -0.800. The van der Waals surface area contributed by atoms with Gasteiger partial charge in [0.2, 0.25) is 0 Å². The monoisotopic (exact) mass is 291 g/mol. The highest BCUT2D eigenvalue weighted by atomic mass is 32.1. The minimum Gasteiger partial charge on any atom is -0.481 e. The Morgan fingerprint density at radius 1 is 1.10 bits per heavy atom. The molecule has 0 saturated heterocycles. The van der Waals surface area contributed by atoms with Crippen LogP contribution in [0.15, 0.2) is 36.4 Å². The molecule has 1 aromatic heterocycles. The van der Waals surface area contributed by atoms with Crippen molar-refractivity contribution >= 4 is 23.0 Å². The second-order valence-electron chi connectivity index (χ2n) is 4.46. The zero-order valence-electron chi connectivity index (χ0n) is 11.0. The summed E-state index contributed by atoms with van der Waals surface area (Å²) in [6.45, 7) is 0.845. The number of nitrogens with one attached hydrogen (secondary N) is 1. The molecule has 20 heavy (non-hydrogen) atoms. The Labute approximate surface area is 121 Å². The van der Waals surface area contributed by atoms with Gasteiger partial charge in [-0.15, -0.1) is 11.3 Å². The summed E-state index contributed by atoms with van der Waals surface area (Å²) >= 11 is 1.52. The van der Waals surface area contributed by atoms with E-state index in [0.29, 0.717) is 13.0 Å². The number of carboxylic acid groups (broad SMARTS) is 1. The highest BCUT2D eigenvalue weighted by molar-refractivity contribution is 7.12. The first-order valence-electron chi connectivity index (χ1n) is 6.40. The summed E-state index contributed by atoms with van der Waals surface area (Å²) in [7, 11) is 0. The molecule has 3 N–H and O–H groups in total. The number of aliphatic hydroxyl groups is 1. The van der Waals surface area contributed by atoms with Gasteiger partial charge >= 0.3 is 5.97 Å². The molecule has 106 valence electrons. The molecule has 0 unspecified atom stereocenters. The second kappa shape index (κ2) is 7.07. The van der Waals surface area contributed by atoms with Crippen LogP contribution >= 0.6 is 11.3 Å². The number of hydrogen-bond acceptors (Lipinski definition) is 4. The van der Waals surface area contributed by atoms with Crippen LogP contribution in [0.3, 0.4) is 0 Å². The zero-order valence-corrected chi connectivity index (χ0v) is 11.8. The Balaban J connectivity index is 1.88. The van der Waals surface area contributed by atoms with Gasteiger partial charge in [-0.2, -0.15) is 0 Å². The van der Waals surface area contributed by atoms with Gasteiger partial charge in [0, 0.05) is 28.6 Å². The largest absolute Gasteiger partial charge is 0.481 e. The maximum Gasteiger partial charge on any atom is 0.308 e. The molecule has 0 amide bonds. The Morgan fingerprint density at radius 2 is 1.80 bits per heavy atom. The van der Waals surface area contributed by atoms with E-state index < -0.39 is 5.97 Å². The Bertz CT molecular complexity index is 563. The van der Waals surface area contributed by atoms with E-state index in [0.717, 1.165) is 21.0 Å². The Kier molecular flexibility index (Phi) is 5.15. The molecule has 0 aliphatic rings. The zero-order chi connectivity index (χ0) is 14.4. The third kappa shape index (κ3) is 4.36. The van der Waals surface area contributed by atoms with Crippen LogP contribution in [-0.2, 0) is 24.2 Å². The molecule has 2 aromatic rings. The van der Waals surface area contributed by atoms with Gasteiger partial charge in [-0.05, 0) is 36.2 Å². The fourth-order valence-electron chi connectivity index (χ4n) is 1.87. The number of carboxylic acids is 1. The van der Waals surface area contributed by atoms with Crippen molar-refractivity contribution in [2.24, 2.45) is 0 Å². The first kappa shape index (κ1) is 14.6. The van der Waals surface area contributed by atoms with E-state index in [2.05, 4.69) is 5.32 Å². The van der Waals surface area contributed by atoms with Gasteiger partial charge in [0.05, 0.1) is 6.42 Å². The molecule has 4 nitrogen and oxygen atoms in total. The van der Waals surface area contributed by atoms with Crippen LogP contribution in [0.5, 0.6) is 0 Å². The molecule has 0 radical (unpaired) electrons. The van der Waals surface area contributed by atoms with Crippen LogP contribution in [0.2, 0.25) is 0 Å². The molecule has 0 bridgehead atoms. The van der Waals surface area contributed by atoms with Crippen LogP contribution < -0.4 is 5.32 Å². The summed E-state index contributed by atoms with van der Waals surface area (Å²) in [5, 5.41) is 20.9. The number of aliphatic hydroxyl groups excluding tert-OH is 1. The van der Waals surface area contributed by atoms with E-state index in [1.165, 1.54) is 11.3 Å². The van der Waals surface area contributed by atoms with Crippen molar-refractivity contribution < 1.29 is 15.0 Å². The van der Waals surface area contributed by atoms with Crippen molar-refractivity contribution in [1.82, 2.24) is 0 Å². The average molecular weight is 291 g/mol.